The lowest BCUT2D eigenvalue weighted by atomic mass is 9.45. The number of methoxy groups -OCH3 is 1. The molecule has 4 aliphatic rings. The molecule has 130 valence electrons. The Balaban J connectivity index is 1.66. The van der Waals surface area contributed by atoms with Gasteiger partial charge in [-0.1, -0.05) is 20.8 Å². The average molecular weight is 319 g/mol. The zero-order valence-corrected chi connectivity index (χ0v) is 15.2. The van der Waals surface area contributed by atoms with Crippen molar-refractivity contribution in [3.63, 3.8) is 0 Å². The molecule has 0 radical (unpaired) electrons. The lowest BCUT2D eigenvalue weighted by molar-refractivity contribution is -0.141. The van der Waals surface area contributed by atoms with Crippen LogP contribution in [0.15, 0.2) is 0 Å². The first kappa shape index (κ1) is 15.9. The van der Waals surface area contributed by atoms with Crippen LogP contribution in [0, 0.1) is 34.5 Å². The molecule has 3 aliphatic carbocycles. The molecule has 8 atom stereocenters. The van der Waals surface area contributed by atoms with Gasteiger partial charge in [0.05, 0.1) is 6.10 Å². The minimum atomic E-state index is 0.277. The van der Waals surface area contributed by atoms with Gasteiger partial charge in [-0.25, -0.2) is 0 Å². The van der Waals surface area contributed by atoms with Crippen LogP contribution in [0.2, 0.25) is 0 Å². The summed E-state index contributed by atoms with van der Waals surface area (Å²) >= 11 is 0. The second kappa shape index (κ2) is 5.21. The summed E-state index contributed by atoms with van der Waals surface area (Å²) in [5, 5.41) is 3.35. The highest BCUT2D eigenvalue weighted by Gasteiger charge is 2.61. The number of hydrogen-bond donors (Lipinski definition) is 1. The zero-order chi connectivity index (χ0) is 16.4. The molecule has 3 saturated carbocycles. The Hall–Kier alpha value is -0.570. The molecule has 1 N–H and O–H groups in total. The van der Waals surface area contributed by atoms with E-state index >= 15 is 0 Å². The number of hydrogen-bond acceptors (Lipinski definition) is 2. The zero-order valence-electron chi connectivity index (χ0n) is 15.2. The molecule has 4 fully saturated rings. The van der Waals surface area contributed by atoms with Crippen LogP contribution in [-0.4, -0.2) is 25.2 Å². The van der Waals surface area contributed by atoms with E-state index in [9.17, 15) is 4.79 Å². The largest absolute Gasteiger partial charge is 0.381 e. The Kier molecular flexibility index (Phi) is 3.61. The summed E-state index contributed by atoms with van der Waals surface area (Å²) in [7, 11) is 1.89. The molecule has 4 rings (SSSR count). The van der Waals surface area contributed by atoms with Crippen LogP contribution in [0.5, 0.6) is 0 Å². The molecule has 1 aliphatic heterocycles. The van der Waals surface area contributed by atoms with Gasteiger partial charge in [-0.05, 0) is 73.0 Å². The van der Waals surface area contributed by atoms with Crippen molar-refractivity contribution in [2.24, 2.45) is 34.5 Å². The minimum Gasteiger partial charge on any atom is -0.381 e. The van der Waals surface area contributed by atoms with Crippen molar-refractivity contribution in [1.29, 1.82) is 0 Å². The summed E-state index contributed by atoms with van der Waals surface area (Å²) in [6.07, 6.45) is 8.66. The predicted molar refractivity (Wildman–Crippen MR) is 90.9 cm³/mol. The van der Waals surface area contributed by atoms with Crippen LogP contribution in [-0.2, 0) is 9.53 Å². The Morgan fingerprint density at radius 3 is 2.70 bits per heavy atom. The van der Waals surface area contributed by atoms with Crippen LogP contribution in [0.4, 0.5) is 0 Å². The molecule has 1 amide bonds. The number of carbonyl (C=O) groups excluding carboxylic acids is 1. The van der Waals surface area contributed by atoms with E-state index in [-0.39, 0.29) is 5.91 Å². The molecule has 0 spiro atoms. The van der Waals surface area contributed by atoms with Gasteiger partial charge in [0, 0.05) is 19.6 Å². The van der Waals surface area contributed by atoms with Gasteiger partial charge in [0.1, 0.15) is 0 Å². The van der Waals surface area contributed by atoms with E-state index in [4.69, 9.17) is 4.74 Å². The Morgan fingerprint density at radius 1 is 1.17 bits per heavy atom. The third-order valence-corrected chi connectivity index (χ3v) is 8.53. The van der Waals surface area contributed by atoms with E-state index in [1.807, 2.05) is 7.11 Å². The molecule has 0 bridgehead atoms. The highest BCUT2D eigenvalue weighted by Crippen LogP contribution is 2.65. The monoisotopic (exact) mass is 319 g/mol. The molecule has 1 heterocycles. The fourth-order valence-corrected chi connectivity index (χ4v) is 7.22. The van der Waals surface area contributed by atoms with Gasteiger partial charge in [-0.2, -0.15) is 0 Å². The molecule has 0 aromatic carbocycles. The highest BCUT2D eigenvalue weighted by atomic mass is 16.5. The maximum atomic E-state index is 11.9. The molecule has 0 aromatic rings. The van der Waals surface area contributed by atoms with Crippen molar-refractivity contribution >= 4 is 5.91 Å². The summed E-state index contributed by atoms with van der Waals surface area (Å²) in [6, 6.07) is 0.406. The lowest BCUT2D eigenvalue weighted by Gasteiger charge is -2.61. The summed E-state index contributed by atoms with van der Waals surface area (Å²) in [5.74, 6) is 3.42. The highest BCUT2D eigenvalue weighted by molar-refractivity contribution is 5.77. The molecule has 0 aromatic heterocycles. The van der Waals surface area contributed by atoms with Crippen molar-refractivity contribution in [2.45, 2.75) is 77.9 Å². The molecule has 1 saturated heterocycles. The Labute approximate surface area is 140 Å². The fourth-order valence-electron chi connectivity index (χ4n) is 7.22. The van der Waals surface area contributed by atoms with Crippen LogP contribution >= 0.6 is 0 Å². The summed E-state index contributed by atoms with van der Waals surface area (Å²) in [4.78, 5) is 11.9. The SMILES string of the molecule is CO[C@H]1CC2C3C(CC[C@]2(C)C1)[C@@]1(C)CCC(=O)N[C@@H]1C[C@@H]3C. The fraction of sp³-hybridized carbons (Fsp3) is 0.950. The van der Waals surface area contributed by atoms with E-state index in [2.05, 4.69) is 26.1 Å². The molecule has 3 unspecified atom stereocenters. The molecule has 3 nitrogen and oxygen atoms in total. The van der Waals surface area contributed by atoms with Crippen molar-refractivity contribution in [3.8, 4) is 0 Å². The summed E-state index contributed by atoms with van der Waals surface area (Å²) < 4.78 is 5.77. The van der Waals surface area contributed by atoms with Crippen LogP contribution in [0.25, 0.3) is 0 Å². The normalized spacial score (nSPS) is 55.6. The van der Waals surface area contributed by atoms with Gasteiger partial charge in [0.15, 0.2) is 0 Å². The Bertz CT molecular complexity index is 506. The number of carbonyl (C=O) groups is 1. The number of fused-ring (bicyclic) bond motifs is 5. The second-order valence-corrected chi connectivity index (χ2v) is 9.62. The first-order chi connectivity index (χ1) is 10.9. The van der Waals surface area contributed by atoms with E-state index in [0.717, 1.165) is 36.5 Å². The first-order valence-electron chi connectivity index (χ1n) is 9.69. The average Bonchev–Trinajstić information content (AvgIpc) is 2.86. The van der Waals surface area contributed by atoms with Crippen LogP contribution in [0.3, 0.4) is 0 Å². The van der Waals surface area contributed by atoms with Gasteiger partial charge < -0.3 is 10.1 Å². The standard InChI is InChI=1S/C20H33NO2/c1-12-9-16-20(3,8-6-17(22)21-16)14-5-7-19(2)11-13(23-4)10-15(19)18(12)14/h12-16,18H,5-11H2,1-4H3,(H,21,22)/t12-,13-,14?,15?,16+,18?,19+,20+/m0/s1. The number of amides is 1. The lowest BCUT2D eigenvalue weighted by Crippen LogP contribution is -2.62. The van der Waals surface area contributed by atoms with E-state index in [1.54, 1.807) is 0 Å². The maximum absolute atomic E-state index is 11.9. The third-order valence-electron chi connectivity index (χ3n) is 8.53. The Morgan fingerprint density at radius 2 is 1.96 bits per heavy atom. The van der Waals surface area contributed by atoms with E-state index < -0.39 is 0 Å². The summed E-state index contributed by atoms with van der Waals surface area (Å²) in [5.41, 5.74) is 0.800. The quantitative estimate of drug-likeness (QED) is 0.799. The number of ether oxygens (including phenoxy) is 1. The van der Waals surface area contributed by atoms with Gasteiger partial charge in [0.25, 0.3) is 0 Å². The molecular weight excluding hydrogens is 286 g/mol. The van der Waals surface area contributed by atoms with Crippen molar-refractivity contribution < 1.29 is 9.53 Å². The third kappa shape index (κ3) is 2.22. The van der Waals surface area contributed by atoms with Crippen LogP contribution in [0.1, 0.15) is 65.7 Å². The van der Waals surface area contributed by atoms with E-state index in [0.29, 0.717) is 23.0 Å². The summed E-state index contributed by atoms with van der Waals surface area (Å²) in [6.45, 7) is 7.45. The number of nitrogens with one attached hydrogen (secondary N) is 1. The van der Waals surface area contributed by atoms with Gasteiger partial charge in [-0.3, -0.25) is 4.79 Å². The number of rotatable bonds is 1. The second-order valence-electron chi connectivity index (χ2n) is 9.62. The first-order valence-corrected chi connectivity index (χ1v) is 9.69. The van der Waals surface area contributed by atoms with Crippen molar-refractivity contribution in [3.05, 3.63) is 0 Å². The molecular formula is C20H33NO2. The minimum absolute atomic E-state index is 0.277. The molecule has 3 heteroatoms. The predicted octanol–water partition coefficient (Wildman–Crippen LogP) is 3.77. The number of piperidine rings is 1. The van der Waals surface area contributed by atoms with Gasteiger partial charge >= 0.3 is 0 Å². The van der Waals surface area contributed by atoms with Gasteiger partial charge in [-0.15, -0.1) is 0 Å². The molecule has 23 heavy (non-hydrogen) atoms. The van der Waals surface area contributed by atoms with Crippen molar-refractivity contribution in [2.75, 3.05) is 7.11 Å². The topological polar surface area (TPSA) is 38.3 Å². The maximum Gasteiger partial charge on any atom is 0.220 e. The van der Waals surface area contributed by atoms with Crippen molar-refractivity contribution in [1.82, 2.24) is 5.32 Å². The van der Waals surface area contributed by atoms with E-state index in [1.165, 1.54) is 32.1 Å². The van der Waals surface area contributed by atoms with Gasteiger partial charge in [0.2, 0.25) is 5.91 Å². The smallest absolute Gasteiger partial charge is 0.220 e. The van der Waals surface area contributed by atoms with Crippen LogP contribution < -0.4 is 5.32 Å².